The molecule has 0 spiro atoms. The lowest BCUT2D eigenvalue weighted by Crippen LogP contribution is -1.96. The number of phenols is 1. The lowest BCUT2D eigenvalue weighted by Gasteiger charge is -2.13. The van der Waals surface area contributed by atoms with Crippen LogP contribution in [0.25, 0.3) is 11.6 Å². The van der Waals surface area contributed by atoms with Gasteiger partial charge >= 0.3 is 0 Å². The monoisotopic (exact) mass is 323 g/mol. The highest BCUT2D eigenvalue weighted by Gasteiger charge is 2.20. The Hall–Kier alpha value is -3.31. The molecule has 3 aromatic carbocycles. The molecule has 1 aliphatic carbocycles. The van der Waals surface area contributed by atoms with Crippen molar-refractivity contribution < 1.29 is 5.11 Å². The number of hydrogen-bond donors (Lipinski definition) is 1. The van der Waals surface area contributed by atoms with Crippen molar-refractivity contribution in [1.82, 2.24) is 0 Å². The molecule has 0 bridgehead atoms. The van der Waals surface area contributed by atoms with Crippen LogP contribution in [0.3, 0.4) is 0 Å². The standard InChI is InChI=1S/C23H17NO/c24-15-18-7-4-10-22-21(18)12-11-17-6-1-2-9-20(17)23(22)14-16-5-3-8-19(25)13-16/h1-10,13-14,25H,11-12H2/b23-14-. The molecule has 0 heterocycles. The summed E-state index contributed by atoms with van der Waals surface area (Å²) in [7, 11) is 0. The van der Waals surface area contributed by atoms with E-state index in [9.17, 15) is 10.4 Å². The maximum Gasteiger partial charge on any atom is 0.116 e. The normalized spacial score (nSPS) is 14.3. The average Bonchev–Trinajstić information content (AvgIpc) is 2.79. The van der Waals surface area contributed by atoms with Crippen LogP contribution in [0, 0.1) is 11.3 Å². The summed E-state index contributed by atoms with van der Waals surface area (Å²) >= 11 is 0. The number of fused-ring (bicyclic) bond motifs is 2. The largest absolute Gasteiger partial charge is 0.508 e. The fourth-order valence-electron chi connectivity index (χ4n) is 3.56. The third-order valence-corrected chi connectivity index (χ3v) is 4.72. The van der Waals surface area contributed by atoms with Crippen LogP contribution in [0.5, 0.6) is 5.75 Å². The van der Waals surface area contributed by atoms with E-state index in [4.69, 9.17) is 0 Å². The average molecular weight is 323 g/mol. The first-order valence-electron chi connectivity index (χ1n) is 8.37. The zero-order valence-corrected chi connectivity index (χ0v) is 13.7. The predicted octanol–water partition coefficient (Wildman–Crippen LogP) is 4.95. The summed E-state index contributed by atoms with van der Waals surface area (Å²) in [4.78, 5) is 0. The van der Waals surface area contributed by atoms with Crippen LogP contribution in [0.15, 0.2) is 66.7 Å². The molecular formula is C23H17NO. The Balaban J connectivity index is 2.00. The molecule has 0 radical (unpaired) electrons. The lowest BCUT2D eigenvalue weighted by molar-refractivity contribution is 0.475. The van der Waals surface area contributed by atoms with E-state index in [1.165, 1.54) is 11.1 Å². The van der Waals surface area contributed by atoms with Crippen molar-refractivity contribution in [3.05, 3.63) is 100 Å². The second kappa shape index (κ2) is 6.30. The van der Waals surface area contributed by atoms with Gasteiger partial charge in [0.15, 0.2) is 0 Å². The van der Waals surface area contributed by atoms with E-state index in [1.54, 1.807) is 12.1 Å². The van der Waals surface area contributed by atoms with Crippen molar-refractivity contribution >= 4 is 11.6 Å². The van der Waals surface area contributed by atoms with Gasteiger partial charge in [0.2, 0.25) is 0 Å². The van der Waals surface area contributed by atoms with Gasteiger partial charge in [0.25, 0.3) is 0 Å². The minimum atomic E-state index is 0.252. The van der Waals surface area contributed by atoms with E-state index >= 15 is 0 Å². The molecule has 1 N–H and O–H groups in total. The summed E-state index contributed by atoms with van der Waals surface area (Å²) < 4.78 is 0. The van der Waals surface area contributed by atoms with Crippen LogP contribution in [0.2, 0.25) is 0 Å². The molecule has 3 aromatic rings. The number of rotatable bonds is 1. The quantitative estimate of drug-likeness (QED) is 0.688. The molecule has 0 aliphatic heterocycles. The Morgan fingerprint density at radius 1 is 0.880 bits per heavy atom. The molecule has 0 atom stereocenters. The van der Waals surface area contributed by atoms with Gasteiger partial charge in [-0.25, -0.2) is 0 Å². The van der Waals surface area contributed by atoms with Crippen molar-refractivity contribution in [3.63, 3.8) is 0 Å². The zero-order valence-electron chi connectivity index (χ0n) is 13.7. The maximum atomic E-state index is 9.80. The lowest BCUT2D eigenvalue weighted by atomic mass is 9.91. The third-order valence-electron chi connectivity index (χ3n) is 4.72. The molecule has 0 saturated heterocycles. The summed E-state index contributed by atoms with van der Waals surface area (Å²) in [6.45, 7) is 0. The Morgan fingerprint density at radius 2 is 1.68 bits per heavy atom. The highest BCUT2D eigenvalue weighted by atomic mass is 16.3. The number of phenolic OH excluding ortho intramolecular Hbond substituents is 1. The molecule has 2 nitrogen and oxygen atoms in total. The Morgan fingerprint density at radius 3 is 2.52 bits per heavy atom. The zero-order chi connectivity index (χ0) is 17.2. The summed E-state index contributed by atoms with van der Waals surface area (Å²) in [6, 6.07) is 23.9. The van der Waals surface area contributed by atoms with E-state index < -0.39 is 0 Å². The Bertz CT molecular complexity index is 1020. The fraction of sp³-hybridized carbons (Fsp3) is 0.0870. The highest BCUT2D eigenvalue weighted by Crippen LogP contribution is 2.36. The Labute approximate surface area is 147 Å². The third kappa shape index (κ3) is 2.81. The predicted molar refractivity (Wildman–Crippen MR) is 100 cm³/mol. The molecule has 0 aromatic heterocycles. The van der Waals surface area contributed by atoms with Gasteiger partial charge in [0, 0.05) is 0 Å². The van der Waals surface area contributed by atoms with Crippen molar-refractivity contribution in [2.24, 2.45) is 0 Å². The van der Waals surface area contributed by atoms with Crippen molar-refractivity contribution in [1.29, 1.82) is 5.26 Å². The summed E-state index contributed by atoms with van der Waals surface area (Å²) in [5.41, 5.74) is 7.48. The smallest absolute Gasteiger partial charge is 0.116 e. The summed E-state index contributed by atoms with van der Waals surface area (Å²) in [5, 5.41) is 19.3. The first kappa shape index (κ1) is 15.2. The molecular weight excluding hydrogens is 306 g/mol. The molecule has 2 heteroatoms. The van der Waals surface area contributed by atoms with Crippen LogP contribution in [-0.4, -0.2) is 5.11 Å². The van der Waals surface area contributed by atoms with Crippen molar-refractivity contribution in [2.45, 2.75) is 12.8 Å². The highest BCUT2D eigenvalue weighted by molar-refractivity contribution is 5.94. The molecule has 0 fully saturated rings. The first-order chi connectivity index (χ1) is 12.3. The second-order valence-corrected chi connectivity index (χ2v) is 6.25. The van der Waals surface area contributed by atoms with Gasteiger partial charge in [-0.05, 0) is 70.5 Å². The van der Waals surface area contributed by atoms with E-state index in [0.29, 0.717) is 0 Å². The molecule has 4 rings (SSSR count). The topological polar surface area (TPSA) is 44.0 Å². The van der Waals surface area contributed by atoms with Gasteiger partial charge in [0.05, 0.1) is 11.6 Å². The number of nitrogens with zero attached hydrogens (tertiary/aromatic N) is 1. The molecule has 0 saturated carbocycles. The maximum absolute atomic E-state index is 9.80. The second-order valence-electron chi connectivity index (χ2n) is 6.25. The number of nitriles is 1. The Kier molecular flexibility index (Phi) is 3.84. The SMILES string of the molecule is N#Cc1cccc2c1CCc1ccccc1/C2=C/c1cccc(O)c1. The van der Waals surface area contributed by atoms with Gasteiger partial charge in [-0.1, -0.05) is 48.5 Å². The van der Waals surface area contributed by atoms with Crippen LogP contribution in [-0.2, 0) is 12.8 Å². The van der Waals surface area contributed by atoms with Gasteiger partial charge in [0.1, 0.15) is 5.75 Å². The van der Waals surface area contributed by atoms with Gasteiger partial charge in [-0.3, -0.25) is 0 Å². The molecule has 0 amide bonds. The molecule has 1 aliphatic rings. The van der Waals surface area contributed by atoms with E-state index in [2.05, 4.69) is 36.4 Å². The van der Waals surface area contributed by atoms with E-state index in [1.807, 2.05) is 30.3 Å². The summed E-state index contributed by atoms with van der Waals surface area (Å²) in [5.74, 6) is 0.252. The van der Waals surface area contributed by atoms with Crippen LogP contribution in [0.1, 0.15) is 33.4 Å². The minimum absolute atomic E-state index is 0.252. The van der Waals surface area contributed by atoms with E-state index in [0.717, 1.165) is 40.7 Å². The summed E-state index contributed by atoms with van der Waals surface area (Å²) in [6.07, 6.45) is 3.87. The number of aromatic hydroxyl groups is 1. The number of aryl methyl sites for hydroxylation is 1. The molecule has 0 unspecified atom stereocenters. The van der Waals surface area contributed by atoms with Crippen LogP contribution < -0.4 is 0 Å². The van der Waals surface area contributed by atoms with Crippen molar-refractivity contribution in [2.75, 3.05) is 0 Å². The van der Waals surface area contributed by atoms with Gasteiger partial charge in [-0.2, -0.15) is 5.26 Å². The number of hydrogen-bond acceptors (Lipinski definition) is 2. The van der Waals surface area contributed by atoms with Gasteiger partial charge in [-0.15, -0.1) is 0 Å². The number of benzene rings is 3. The van der Waals surface area contributed by atoms with Crippen molar-refractivity contribution in [3.8, 4) is 11.8 Å². The van der Waals surface area contributed by atoms with E-state index in [-0.39, 0.29) is 5.75 Å². The van der Waals surface area contributed by atoms with Crippen LogP contribution in [0.4, 0.5) is 0 Å². The fourth-order valence-corrected chi connectivity index (χ4v) is 3.56. The minimum Gasteiger partial charge on any atom is -0.508 e. The van der Waals surface area contributed by atoms with Crippen LogP contribution >= 0.6 is 0 Å². The molecule has 25 heavy (non-hydrogen) atoms. The first-order valence-corrected chi connectivity index (χ1v) is 8.37. The molecule has 120 valence electrons. The van der Waals surface area contributed by atoms with Gasteiger partial charge < -0.3 is 5.11 Å².